The molecule has 0 saturated carbocycles. The quantitative estimate of drug-likeness (QED) is 0.505. The van der Waals surface area contributed by atoms with E-state index in [1.165, 1.54) is 30.6 Å². The molecule has 1 amide bonds. The van der Waals surface area contributed by atoms with Crippen molar-refractivity contribution in [2.45, 2.75) is 38.1 Å². The first-order valence-electron chi connectivity index (χ1n) is 9.85. The molecule has 0 saturated heterocycles. The average molecular weight is 461 g/mol. The first-order valence-corrected chi connectivity index (χ1v) is 12.3. The van der Waals surface area contributed by atoms with Gasteiger partial charge in [-0.3, -0.25) is 9.59 Å². The molecule has 0 atom stereocenters. The molecule has 2 aromatic carbocycles. The maximum atomic E-state index is 12.6. The van der Waals surface area contributed by atoms with Gasteiger partial charge in [0.25, 0.3) is 5.91 Å². The van der Waals surface area contributed by atoms with Gasteiger partial charge in [-0.05, 0) is 41.8 Å². The van der Waals surface area contributed by atoms with Crippen LogP contribution in [0.4, 0.5) is 0 Å². The molecule has 0 bridgehead atoms. The third-order valence-corrected chi connectivity index (χ3v) is 7.70. The lowest BCUT2D eigenvalue weighted by molar-refractivity contribution is -0.141. The average Bonchev–Trinajstić information content (AvgIpc) is 3.09. The second-order valence-corrected chi connectivity index (χ2v) is 10.2. The van der Waals surface area contributed by atoms with Gasteiger partial charge in [0, 0.05) is 0 Å². The van der Waals surface area contributed by atoms with E-state index >= 15 is 0 Å². The van der Waals surface area contributed by atoms with Crippen molar-refractivity contribution in [1.82, 2.24) is 4.57 Å². The zero-order valence-corrected chi connectivity index (χ0v) is 19.3. The van der Waals surface area contributed by atoms with Crippen molar-refractivity contribution in [3.8, 4) is 0 Å². The van der Waals surface area contributed by atoms with E-state index in [0.29, 0.717) is 10.4 Å². The van der Waals surface area contributed by atoms with Crippen molar-refractivity contribution in [2.75, 3.05) is 12.9 Å². The number of ether oxygens (including phenoxy) is 1. The Morgan fingerprint density at radius 3 is 2.35 bits per heavy atom. The number of carbonyl (C=O) groups is 2. The van der Waals surface area contributed by atoms with Gasteiger partial charge in [0.15, 0.2) is 14.6 Å². The minimum Gasteiger partial charge on any atom is -0.468 e. The Labute approximate surface area is 184 Å². The van der Waals surface area contributed by atoms with E-state index in [9.17, 15) is 18.0 Å². The monoisotopic (exact) mass is 460 g/mol. The van der Waals surface area contributed by atoms with Gasteiger partial charge in [-0.2, -0.15) is 4.99 Å². The molecule has 1 heterocycles. The third kappa shape index (κ3) is 5.29. The van der Waals surface area contributed by atoms with Crippen molar-refractivity contribution >= 4 is 43.3 Å². The van der Waals surface area contributed by atoms with Crippen LogP contribution in [-0.2, 0) is 43.5 Å². The number of aromatic nitrogens is 1. The van der Waals surface area contributed by atoms with Crippen LogP contribution in [-0.4, -0.2) is 37.7 Å². The lowest BCUT2D eigenvalue weighted by Crippen LogP contribution is -2.22. The van der Waals surface area contributed by atoms with Gasteiger partial charge in [0.1, 0.15) is 6.54 Å². The van der Waals surface area contributed by atoms with Crippen LogP contribution < -0.4 is 4.80 Å². The summed E-state index contributed by atoms with van der Waals surface area (Å²) in [6.45, 7) is 3.60. The van der Waals surface area contributed by atoms with Crippen molar-refractivity contribution in [1.29, 1.82) is 0 Å². The highest BCUT2D eigenvalue weighted by Crippen LogP contribution is 2.20. The van der Waals surface area contributed by atoms with Gasteiger partial charge in [-0.15, -0.1) is 0 Å². The van der Waals surface area contributed by atoms with E-state index < -0.39 is 15.8 Å². The molecule has 0 fully saturated rings. The fraction of sp³-hybridized carbons (Fsp3) is 0.318. The number of fused-ring (bicyclic) bond motifs is 1. The molecule has 164 valence electrons. The maximum Gasteiger partial charge on any atom is 0.325 e. The van der Waals surface area contributed by atoms with E-state index in [4.69, 9.17) is 4.74 Å². The summed E-state index contributed by atoms with van der Waals surface area (Å²) >= 11 is 1.34. The normalized spacial score (nSPS) is 12.3. The molecule has 1 aromatic heterocycles. The minimum atomic E-state index is -3.29. The number of benzene rings is 2. The number of hydrogen-bond donors (Lipinski definition) is 0. The highest BCUT2D eigenvalue weighted by atomic mass is 32.2. The largest absolute Gasteiger partial charge is 0.468 e. The number of thiazole rings is 1. The van der Waals surface area contributed by atoms with E-state index in [0.717, 1.165) is 22.2 Å². The number of sulfone groups is 1. The molecule has 0 aliphatic rings. The first kappa shape index (κ1) is 22.9. The zero-order chi connectivity index (χ0) is 22.6. The number of aryl methyl sites for hydroxylation is 1. The van der Waals surface area contributed by atoms with Gasteiger partial charge in [-0.1, -0.05) is 43.4 Å². The zero-order valence-electron chi connectivity index (χ0n) is 17.6. The van der Waals surface area contributed by atoms with Crippen LogP contribution >= 0.6 is 11.3 Å². The second kappa shape index (κ2) is 9.57. The third-order valence-electron chi connectivity index (χ3n) is 4.91. The Kier molecular flexibility index (Phi) is 7.07. The Morgan fingerprint density at radius 2 is 1.74 bits per heavy atom. The summed E-state index contributed by atoms with van der Waals surface area (Å²) in [5, 5.41) is 0. The molecule has 0 radical (unpaired) electrons. The molecular weight excluding hydrogens is 436 g/mol. The summed E-state index contributed by atoms with van der Waals surface area (Å²) in [5.74, 6) is -0.792. The van der Waals surface area contributed by atoms with E-state index in [1.807, 2.05) is 18.2 Å². The van der Waals surface area contributed by atoms with Crippen molar-refractivity contribution < 1.29 is 22.7 Å². The molecule has 3 aromatic rings. The fourth-order valence-electron chi connectivity index (χ4n) is 3.07. The lowest BCUT2D eigenvalue weighted by atomic mass is 10.1. The number of methoxy groups -OCH3 is 1. The van der Waals surface area contributed by atoms with Crippen LogP contribution in [0.2, 0.25) is 0 Å². The van der Waals surface area contributed by atoms with Gasteiger partial charge >= 0.3 is 5.97 Å². The Hall–Kier alpha value is -2.78. The van der Waals surface area contributed by atoms with E-state index in [2.05, 4.69) is 11.9 Å². The maximum absolute atomic E-state index is 12.6. The van der Waals surface area contributed by atoms with Crippen LogP contribution in [0.3, 0.4) is 0 Å². The fourth-order valence-corrected chi connectivity index (χ4v) is 5.07. The van der Waals surface area contributed by atoms with E-state index in [1.54, 1.807) is 23.6 Å². The number of esters is 1. The molecule has 7 nitrogen and oxygen atoms in total. The predicted molar refractivity (Wildman–Crippen MR) is 120 cm³/mol. The topological polar surface area (TPSA) is 94.8 Å². The molecule has 9 heteroatoms. The lowest BCUT2D eigenvalue weighted by Gasteiger charge is -2.04. The summed E-state index contributed by atoms with van der Waals surface area (Å²) in [6.07, 6.45) is 0.902. The molecule has 31 heavy (non-hydrogen) atoms. The SMILES string of the molecule is CCc1ccc2c(c1)sc(=NC(=O)Cc1ccc(S(=O)(=O)CC)cc1)n2CC(=O)OC. The Bertz CT molecular complexity index is 1290. The number of rotatable bonds is 7. The summed E-state index contributed by atoms with van der Waals surface area (Å²) in [4.78, 5) is 29.4. The summed E-state index contributed by atoms with van der Waals surface area (Å²) in [6, 6.07) is 12.2. The van der Waals surface area contributed by atoms with Gasteiger partial charge in [0.2, 0.25) is 0 Å². The molecule has 0 aliphatic heterocycles. The second-order valence-electron chi connectivity index (χ2n) is 6.93. The molecule has 3 rings (SSSR count). The molecule has 0 unspecified atom stereocenters. The van der Waals surface area contributed by atoms with Crippen LogP contribution in [0.1, 0.15) is 25.0 Å². The molecule has 0 N–H and O–H groups in total. The number of carbonyl (C=O) groups excluding carboxylic acids is 2. The smallest absolute Gasteiger partial charge is 0.325 e. The summed E-state index contributed by atoms with van der Waals surface area (Å²) < 4.78 is 31.3. The molecular formula is C22H24N2O5S2. The Morgan fingerprint density at radius 1 is 1.06 bits per heavy atom. The van der Waals surface area contributed by atoms with Crippen LogP contribution in [0.15, 0.2) is 52.4 Å². The summed E-state index contributed by atoms with van der Waals surface area (Å²) in [5.41, 5.74) is 2.63. The molecule has 0 spiro atoms. The van der Waals surface area contributed by atoms with Crippen LogP contribution in [0.5, 0.6) is 0 Å². The van der Waals surface area contributed by atoms with Gasteiger partial charge < -0.3 is 9.30 Å². The van der Waals surface area contributed by atoms with Crippen LogP contribution in [0.25, 0.3) is 10.2 Å². The van der Waals surface area contributed by atoms with Gasteiger partial charge in [0.05, 0.1) is 34.4 Å². The summed E-state index contributed by atoms with van der Waals surface area (Å²) in [7, 11) is -1.97. The van der Waals surface area contributed by atoms with Crippen LogP contribution in [0, 0.1) is 0 Å². The minimum absolute atomic E-state index is 0.0203. The Balaban J connectivity index is 1.94. The predicted octanol–water partition coefficient (Wildman–Crippen LogP) is 2.90. The number of amides is 1. The highest BCUT2D eigenvalue weighted by molar-refractivity contribution is 7.91. The van der Waals surface area contributed by atoms with Crippen molar-refractivity contribution in [3.63, 3.8) is 0 Å². The van der Waals surface area contributed by atoms with Crippen molar-refractivity contribution in [3.05, 3.63) is 58.4 Å². The molecule has 0 aliphatic carbocycles. The highest BCUT2D eigenvalue weighted by Gasteiger charge is 2.14. The first-order chi connectivity index (χ1) is 14.8. The number of nitrogens with zero attached hydrogens (tertiary/aromatic N) is 2. The number of hydrogen-bond acceptors (Lipinski definition) is 6. The standard InChI is InChI=1S/C22H24N2O5S2/c1-4-15-8-11-18-19(12-15)30-22(24(18)14-21(26)29-3)23-20(25)13-16-6-9-17(10-7-16)31(27,28)5-2/h6-12H,4-5,13-14H2,1-3H3. The van der Waals surface area contributed by atoms with Gasteiger partial charge in [-0.25, -0.2) is 8.42 Å². The van der Waals surface area contributed by atoms with E-state index in [-0.39, 0.29) is 29.5 Å². The van der Waals surface area contributed by atoms with Crippen molar-refractivity contribution in [2.24, 2.45) is 4.99 Å².